The van der Waals surface area contributed by atoms with E-state index in [1.165, 1.54) is 37.5 Å². The van der Waals surface area contributed by atoms with Crippen LogP contribution in [0.5, 0.6) is 0 Å². The van der Waals surface area contributed by atoms with Gasteiger partial charge in [-0.3, -0.25) is 4.79 Å². The van der Waals surface area contributed by atoms with Crippen LogP contribution >= 0.6 is 27.5 Å². The summed E-state index contributed by atoms with van der Waals surface area (Å²) in [6.45, 7) is 3.35. The van der Waals surface area contributed by atoms with Crippen molar-refractivity contribution in [2.45, 2.75) is 18.9 Å². The van der Waals surface area contributed by atoms with E-state index in [9.17, 15) is 4.79 Å². The van der Waals surface area contributed by atoms with Crippen molar-refractivity contribution in [1.82, 2.24) is 14.6 Å². The van der Waals surface area contributed by atoms with Crippen molar-refractivity contribution in [3.05, 3.63) is 28.4 Å². The fourth-order valence-corrected chi connectivity index (χ4v) is 4.96. The second kappa shape index (κ2) is 5.34. The summed E-state index contributed by atoms with van der Waals surface area (Å²) in [6.07, 6.45) is 2.40. The number of rotatable bonds is 2. The first-order valence-electron chi connectivity index (χ1n) is 7.29. The van der Waals surface area contributed by atoms with E-state index in [1.807, 2.05) is 18.2 Å². The molecule has 2 bridgehead atoms. The van der Waals surface area contributed by atoms with Crippen molar-refractivity contribution >= 4 is 43.5 Å². The van der Waals surface area contributed by atoms with Gasteiger partial charge in [-0.2, -0.15) is 4.37 Å². The molecule has 1 aromatic carbocycles. The van der Waals surface area contributed by atoms with Crippen LogP contribution in [0, 0.1) is 5.92 Å². The molecule has 0 unspecified atom stereocenters. The number of carbonyl (C=O) groups is 1. The van der Waals surface area contributed by atoms with Gasteiger partial charge in [0.15, 0.2) is 5.69 Å². The van der Waals surface area contributed by atoms with Gasteiger partial charge in [0.2, 0.25) is 0 Å². The topological polar surface area (TPSA) is 45.2 Å². The summed E-state index contributed by atoms with van der Waals surface area (Å²) in [7, 11) is 0. The molecule has 1 amide bonds. The Kier molecular flexibility index (Phi) is 3.47. The number of amides is 1. The third-order valence-corrected chi connectivity index (χ3v) is 6.11. The van der Waals surface area contributed by atoms with Crippen molar-refractivity contribution in [3.63, 3.8) is 0 Å². The second-order valence-electron chi connectivity index (χ2n) is 5.86. The molecule has 4 nitrogen and oxygen atoms in total. The summed E-state index contributed by atoms with van der Waals surface area (Å²) in [5.74, 6) is 0.596. The van der Waals surface area contributed by atoms with E-state index in [4.69, 9.17) is 0 Å². The normalized spacial score (nSPS) is 28.0. The number of halogens is 1. The minimum Gasteiger partial charge on any atom is -0.346 e. The standard InChI is InChI=1S/C15H16BrN3OS/c16-10-2-1-3-12-13(10)14(18-21-12)15(20)17-11-8-19-6-4-9(11)5-7-19/h1-3,9,11H,4-8H2,(H,17,20)/t11-/m0/s1. The minimum atomic E-state index is -0.0353. The molecule has 3 aliphatic rings. The highest BCUT2D eigenvalue weighted by Gasteiger charge is 2.35. The molecule has 1 atom stereocenters. The molecule has 0 radical (unpaired) electrons. The Labute approximate surface area is 135 Å². The van der Waals surface area contributed by atoms with Gasteiger partial charge in [-0.15, -0.1) is 0 Å². The molecule has 3 aliphatic heterocycles. The van der Waals surface area contributed by atoms with Crippen molar-refractivity contribution in [2.24, 2.45) is 5.92 Å². The van der Waals surface area contributed by atoms with Crippen LogP contribution in [0.3, 0.4) is 0 Å². The number of piperidine rings is 3. The van der Waals surface area contributed by atoms with Crippen LogP contribution in [-0.2, 0) is 0 Å². The van der Waals surface area contributed by atoms with Crippen LogP contribution in [0.1, 0.15) is 23.3 Å². The predicted molar refractivity (Wildman–Crippen MR) is 87.7 cm³/mol. The van der Waals surface area contributed by atoms with E-state index in [-0.39, 0.29) is 11.9 Å². The van der Waals surface area contributed by atoms with Gasteiger partial charge in [-0.05, 0) is 55.5 Å². The van der Waals surface area contributed by atoms with Crippen LogP contribution in [0.25, 0.3) is 10.1 Å². The summed E-state index contributed by atoms with van der Waals surface area (Å²) in [4.78, 5) is 15.1. The summed E-state index contributed by atoms with van der Waals surface area (Å²) in [5.41, 5.74) is 0.555. The molecule has 6 heteroatoms. The Morgan fingerprint density at radius 2 is 2.19 bits per heavy atom. The molecule has 2 aromatic rings. The van der Waals surface area contributed by atoms with Crippen LogP contribution in [0.15, 0.2) is 22.7 Å². The highest BCUT2D eigenvalue weighted by Crippen LogP contribution is 2.31. The number of aromatic nitrogens is 1. The quantitative estimate of drug-likeness (QED) is 0.889. The van der Waals surface area contributed by atoms with Crippen LogP contribution in [0.4, 0.5) is 0 Å². The molecule has 0 saturated carbocycles. The van der Waals surface area contributed by atoms with Crippen LogP contribution < -0.4 is 5.32 Å². The lowest BCUT2D eigenvalue weighted by Crippen LogP contribution is -2.57. The minimum absolute atomic E-state index is 0.0353. The first kappa shape index (κ1) is 13.7. The third-order valence-electron chi connectivity index (χ3n) is 4.64. The second-order valence-corrected chi connectivity index (χ2v) is 7.52. The lowest BCUT2D eigenvalue weighted by Gasteiger charge is -2.44. The molecule has 1 aromatic heterocycles. The summed E-state index contributed by atoms with van der Waals surface area (Å²) < 4.78 is 6.35. The van der Waals surface area contributed by atoms with E-state index in [1.54, 1.807) is 0 Å². The molecule has 0 spiro atoms. The lowest BCUT2D eigenvalue weighted by molar-refractivity contribution is 0.0619. The van der Waals surface area contributed by atoms with E-state index in [0.29, 0.717) is 11.6 Å². The van der Waals surface area contributed by atoms with Crippen molar-refractivity contribution in [2.75, 3.05) is 19.6 Å². The zero-order valence-electron chi connectivity index (χ0n) is 11.5. The summed E-state index contributed by atoms with van der Waals surface area (Å²) >= 11 is 4.91. The number of carbonyl (C=O) groups excluding carboxylic acids is 1. The molecular formula is C15H16BrN3OS. The zero-order chi connectivity index (χ0) is 14.4. The largest absolute Gasteiger partial charge is 0.346 e. The SMILES string of the molecule is O=C(N[C@H]1CN2CCC1CC2)c1nsc2cccc(Br)c12. The Balaban J connectivity index is 1.59. The monoisotopic (exact) mass is 365 g/mol. The Hall–Kier alpha value is -0.980. The lowest BCUT2D eigenvalue weighted by atomic mass is 9.84. The summed E-state index contributed by atoms with van der Waals surface area (Å²) in [5, 5.41) is 4.15. The molecule has 3 fully saturated rings. The Bertz CT molecular complexity index is 693. The number of fused-ring (bicyclic) bond motifs is 4. The van der Waals surface area contributed by atoms with Gasteiger partial charge in [0.05, 0.1) is 4.70 Å². The van der Waals surface area contributed by atoms with Gasteiger partial charge in [0, 0.05) is 22.4 Å². The van der Waals surface area contributed by atoms with Crippen molar-refractivity contribution in [3.8, 4) is 0 Å². The number of hydrogen-bond donors (Lipinski definition) is 1. The number of benzene rings is 1. The maximum absolute atomic E-state index is 12.6. The van der Waals surface area contributed by atoms with Gasteiger partial charge in [0.1, 0.15) is 0 Å². The van der Waals surface area contributed by atoms with Gasteiger partial charge < -0.3 is 10.2 Å². The first-order chi connectivity index (χ1) is 10.2. The van der Waals surface area contributed by atoms with Crippen LogP contribution in [-0.4, -0.2) is 40.9 Å². The number of nitrogens with zero attached hydrogens (tertiary/aromatic N) is 2. The number of hydrogen-bond acceptors (Lipinski definition) is 4. The van der Waals surface area contributed by atoms with Gasteiger partial charge in [0.25, 0.3) is 5.91 Å². The number of nitrogens with one attached hydrogen (secondary N) is 1. The van der Waals surface area contributed by atoms with E-state index >= 15 is 0 Å². The molecule has 110 valence electrons. The highest BCUT2D eigenvalue weighted by atomic mass is 79.9. The first-order valence-corrected chi connectivity index (χ1v) is 8.86. The van der Waals surface area contributed by atoms with E-state index in [0.717, 1.165) is 21.1 Å². The van der Waals surface area contributed by atoms with Gasteiger partial charge >= 0.3 is 0 Å². The summed E-state index contributed by atoms with van der Waals surface area (Å²) in [6, 6.07) is 6.21. The highest BCUT2D eigenvalue weighted by molar-refractivity contribution is 9.10. The smallest absolute Gasteiger partial charge is 0.271 e. The molecule has 1 N–H and O–H groups in total. The van der Waals surface area contributed by atoms with E-state index < -0.39 is 0 Å². The van der Waals surface area contributed by atoms with Crippen LogP contribution in [0.2, 0.25) is 0 Å². The molecule has 4 heterocycles. The average Bonchev–Trinajstić information content (AvgIpc) is 2.94. The third kappa shape index (κ3) is 2.39. The maximum Gasteiger partial charge on any atom is 0.271 e. The fraction of sp³-hybridized carbons (Fsp3) is 0.467. The predicted octanol–water partition coefficient (Wildman–Crippen LogP) is 2.88. The molecule has 21 heavy (non-hydrogen) atoms. The molecule has 0 aliphatic carbocycles. The average molecular weight is 366 g/mol. The fourth-order valence-electron chi connectivity index (χ4n) is 3.47. The van der Waals surface area contributed by atoms with Gasteiger partial charge in [-0.25, -0.2) is 0 Å². The van der Waals surface area contributed by atoms with Gasteiger partial charge in [-0.1, -0.05) is 22.0 Å². The molecule has 3 saturated heterocycles. The van der Waals surface area contributed by atoms with Crippen molar-refractivity contribution < 1.29 is 4.79 Å². The molecular weight excluding hydrogens is 350 g/mol. The Morgan fingerprint density at radius 1 is 1.38 bits per heavy atom. The molecule has 5 rings (SSSR count). The van der Waals surface area contributed by atoms with Crippen molar-refractivity contribution in [1.29, 1.82) is 0 Å². The van der Waals surface area contributed by atoms with E-state index in [2.05, 4.69) is 30.5 Å². The Morgan fingerprint density at radius 3 is 2.90 bits per heavy atom. The maximum atomic E-state index is 12.6. The zero-order valence-corrected chi connectivity index (χ0v) is 13.9.